The van der Waals surface area contributed by atoms with Crippen LogP contribution in [0.4, 0.5) is 0 Å². The zero-order chi connectivity index (χ0) is 17.2. The average molecular weight is 350 g/mol. The molecule has 4 rings (SSSR count). The fourth-order valence-electron chi connectivity index (χ4n) is 3.99. The van der Waals surface area contributed by atoms with Gasteiger partial charge in [-0.3, -0.25) is 4.90 Å². The van der Waals surface area contributed by atoms with E-state index in [-0.39, 0.29) is 24.5 Å². The quantitative estimate of drug-likeness (QED) is 0.773. The van der Waals surface area contributed by atoms with Crippen molar-refractivity contribution in [1.82, 2.24) is 10.2 Å². The van der Waals surface area contributed by atoms with Gasteiger partial charge in [0.2, 0.25) is 0 Å². The lowest BCUT2D eigenvalue weighted by molar-refractivity contribution is -0.191. The Bertz CT molecular complexity index is 580. The lowest BCUT2D eigenvalue weighted by Crippen LogP contribution is -2.65. The molecule has 138 valence electrons. The monoisotopic (exact) mass is 350 g/mol. The molecule has 0 saturated carbocycles. The average Bonchev–Trinajstić information content (AvgIpc) is 3.08. The molecule has 7 nitrogen and oxygen atoms in total. The summed E-state index contributed by atoms with van der Waals surface area (Å²) < 4.78 is 22.7. The summed E-state index contributed by atoms with van der Waals surface area (Å²) in [7, 11) is 1.67. The first-order chi connectivity index (χ1) is 12.3. The van der Waals surface area contributed by atoms with Crippen LogP contribution in [0.25, 0.3) is 0 Å². The number of nitrogens with zero attached hydrogens (tertiary/aromatic N) is 1. The van der Waals surface area contributed by atoms with Crippen molar-refractivity contribution in [2.45, 2.75) is 37.1 Å². The second-order valence-corrected chi connectivity index (χ2v) is 6.72. The number of para-hydroxylation sites is 1. The number of morpholine rings is 1. The van der Waals surface area contributed by atoms with Gasteiger partial charge in [-0.25, -0.2) is 0 Å². The van der Waals surface area contributed by atoms with Gasteiger partial charge in [-0.05, 0) is 6.07 Å². The normalized spacial score (nSPS) is 35.7. The van der Waals surface area contributed by atoms with Crippen molar-refractivity contribution in [2.75, 3.05) is 40.0 Å². The molecule has 3 aliphatic rings. The van der Waals surface area contributed by atoms with E-state index >= 15 is 0 Å². The molecule has 3 aliphatic heterocycles. The number of aliphatic hydroxyl groups excluding tert-OH is 1. The summed E-state index contributed by atoms with van der Waals surface area (Å²) in [6.07, 6.45) is -1.05. The van der Waals surface area contributed by atoms with E-state index in [0.717, 1.165) is 24.4 Å². The maximum atomic E-state index is 11.0. The zero-order valence-corrected chi connectivity index (χ0v) is 14.5. The summed E-state index contributed by atoms with van der Waals surface area (Å²) in [5.74, 6) is 0.839. The first-order valence-electron chi connectivity index (χ1n) is 8.90. The van der Waals surface area contributed by atoms with Crippen molar-refractivity contribution in [3.63, 3.8) is 0 Å². The molecule has 25 heavy (non-hydrogen) atoms. The van der Waals surface area contributed by atoms with Gasteiger partial charge in [0.25, 0.3) is 0 Å². The first kappa shape index (κ1) is 17.2. The van der Waals surface area contributed by atoms with Gasteiger partial charge in [0.05, 0.1) is 45.1 Å². The van der Waals surface area contributed by atoms with Crippen LogP contribution in [-0.2, 0) is 20.8 Å². The Morgan fingerprint density at radius 2 is 2.08 bits per heavy atom. The Labute approximate surface area is 147 Å². The highest BCUT2D eigenvalue weighted by Gasteiger charge is 2.52. The number of rotatable bonds is 5. The Hall–Kier alpha value is -1.22. The molecule has 0 radical (unpaired) electrons. The fourth-order valence-corrected chi connectivity index (χ4v) is 3.99. The second-order valence-electron chi connectivity index (χ2n) is 6.72. The van der Waals surface area contributed by atoms with Crippen LogP contribution < -0.4 is 10.1 Å². The van der Waals surface area contributed by atoms with Crippen molar-refractivity contribution >= 4 is 0 Å². The number of hydrogen-bond donors (Lipinski definition) is 2. The molecule has 0 aliphatic carbocycles. The van der Waals surface area contributed by atoms with Crippen molar-refractivity contribution < 1.29 is 24.1 Å². The summed E-state index contributed by atoms with van der Waals surface area (Å²) in [6, 6.07) is 7.55. The maximum absolute atomic E-state index is 11.0. The van der Waals surface area contributed by atoms with Gasteiger partial charge in [0, 0.05) is 25.2 Å². The number of fused-ring (bicyclic) bond motifs is 2. The molecule has 0 aromatic heterocycles. The van der Waals surface area contributed by atoms with E-state index in [1.807, 2.05) is 24.3 Å². The number of nitrogens with one attached hydrogen (secondary N) is 1. The Morgan fingerprint density at radius 1 is 1.28 bits per heavy atom. The summed E-state index contributed by atoms with van der Waals surface area (Å²) in [4.78, 5) is 2.22. The summed E-state index contributed by atoms with van der Waals surface area (Å²) in [5.41, 5.74) is 1.06. The molecule has 1 aromatic carbocycles. The Balaban J connectivity index is 1.46. The molecule has 0 amide bonds. The number of benzene rings is 1. The molecule has 2 bridgehead atoms. The predicted octanol–water partition coefficient (Wildman–Crippen LogP) is -0.0298. The summed E-state index contributed by atoms with van der Waals surface area (Å²) in [5, 5.41) is 14.5. The Morgan fingerprint density at radius 3 is 2.88 bits per heavy atom. The van der Waals surface area contributed by atoms with E-state index in [0.29, 0.717) is 26.4 Å². The second kappa shape index (κ2) is 7.57. The molecule has 3 saturated heterocycles. The van der Waals surface area contributed by atoms with Crippen LogP contribution in [0.3, 0.4) is 0 Å². The number of aliphatic hydroxyl groups is 1. The van der Waals surface area contributed by atoms with Crippen LogP contribution in [0.2, 0.25) is 0 Å². The van der Waals surface area contributed by atoms with E-state index in [1.54, 1.807) is 7.11 Å². The highest BCUT2D eigenvalue weighted by Crippen LogP contribution is 2.32. The molecule has 1 aromatic rings. The van der Waals surface area contributed by atoms with Gasteiger partial charge in [0.1, 0.15) is 11.9 Å². The van der Waals surface area contributed by atoms with Crippen LogP contribution in [0.5, 0.6) is 5.75 Å². The molecular weight excluding hydrogens is 324 g/mol. The van der Waals surface area contributed by atoms with Crippen LogP contribution in [0.15, 0.2) is 24.3 Å². The van der Waals surface area contributed by atoms with Crippen molar-refractivity contribution in [2.24, 2.45) is 0 Å². The smallest absolute Gasteiger partial charge is 0.176 e. The standard InChI is InChI=1S/C18H26N2O5/c1-22-13-5-3-2-4-12(13)10-19-15-14-11-24-18(25-14)16(17(15)21)20-6-8-23-9-7-20/h2-5,14-19,21H,6-11H2,1H3. The minimum Gasteiger partial charge on any atom is -0.496 e. The number of methoxy groups -OCH3 is 1. The molecule has 5 unspecified atom stereocenters. The lowest BCUT2D eigenvalue weighted by Gasteiger charge is -2.45. The third-order valence-corrected chi connectivity index (χ3v) is 5.32. The van der Waals surface area contributed by atoms with E-state index in [1.165, 1.54) is 0 Å². The van der Waals surface area contributed by atoms with Gasteiger partial charge >= 0.3 is 0 Å². The zero-order valence-electron chi connectivity index (χ0n) is 14.5. The van der Waals surface area contributed by atoms with Crippen molar-refractivity contribution in [3.8, 4) is 5.75 Å². The number of ether oxygens (including phenoxy) is 4. The Kier molecular flexibility index (Phi) is 5.21. The largest absolute Gasteiger partial charge is 0.496 e. The van der Waals surface area contributed by atoms with Gasteiger partial charge in [0.15, 0.2) is 6.29 Å². The van der Waals surface area contributed by atoms with Crippen LogP contribution in [0, 0.1) is 0 Å². The van der Waals surface area contributed by atoms with E-state index in [9.17, 15) is 5.11 Å². The molecular formula is C18H26N2O5. The van der Waals surface area contributed by atoms with Gasteiger partial charge in [-0.2, -0.15) is 0 Å². The minimum absolute atomic E-state index is 0.132. The molecule has 0 spiro atoms. The van der Waals surface area contributed by atoms with Crippen molar-refractivity contribution in [1.29, 1.82) is 0 Å². The number of hydrogen-bond acceptors (Lipinski definition) is 7. The maximum Gasteiger partial charge on any atom is 0.176 e. The lowest BCUT2D eigenvalue weighted by atomic mass is 9.94. The summed E-state index contributed by atoms with van der Waals surface area (Å²) in [6.45, 7) is 4.04. The first-order valence-corrected chi connectivity index (χ1v) is 8.90. The topological polar surface area (TPSA) is 72.4 Å². The van der Waals surface area contributed by atoms with E-state index in [2.05, 4.69) is 10.2 Å². The van der Waals surface area contributed by atoms with E-state index in [4.69, 9.17) is 18.9 Å². The third kappa shape index (κ3) is 3.40. The SMILES string of the molecule is COc1ccccc1CNC1C2COC(O2)C(N2CCOCC2)C1O. The predicted molar refractivity (Wildman–Crippen MR) is 90.4 cm³/mol. The van der Waals surface area contributed by atoms with Crippen molar-refractivity contribution in [3.05, 3.63) is 29.8 Å². The molecule has 2 N–H and O–H groups in total. The highest BCUT2D eigenvalue weighted by atomic mass is 16.7. The molecule has 5 atom stereocenters. The summed E-state index contributed by atoms with van der Waals surface area (Å²) >= 11 is 0. The van der Waals surface area contributed by atoms with Crippen LogP contribution >= 0.6 is 0 Å². The van der Waals surface area contributed by atoms with Gasteiger partial charge in [-0.1, -0.05) is 18.2 Å². The van der Waals surface area contributed by atoms with E-state index < -0.39 is 6.10 Å². The van der Waals surface area contributed by atoms with Gasteiger partial charge < -0.3 is 29.4 Å². The molecule has 3 heterocycles. The fraction of sp³-hybridized carbons (Fsp3) is 0.667. The minimum atomic E-state index is -0.556. The third-order valence-electron chi connectivity index (χ3n) is 5.32. The molecule has 3 fully saturated rings. The molecule has 7 heteroatoms. The van der Waals surface area contributed by atoms with Crippen LogP contribution in [-0.4, -0.2) is 80.6 Å². The highest BCUT2D eigenvalue weighted by molar-refractivity contribution is 5.33. The van der Waals surface area contributed by atoms with Gasteiger partial charge in [-0.15, -0.1) is 0 Å². The van der Waals surface area contributed by atoms with Crippen LogP contribution in [0.1, 0.15) is 5.56 Å².